The van der Waals surface area contributed by atoms with Crippen molar-refractivity contribution in [1.82, 2.24) is 9.88 Å². The molecule has 5 nitrogen and oxygen atoms in total. The van der Waals surface area contributed by atoms with Crippen LogP contribution in [0.4, 0.5) is 13.2 Å². The summed E-state index contributed by atoms with van der Waals surface area (Å²) in [6.07, 6.45) is -2.33. The molecule has 1 fully saturated rings. The summed E-state index contributed by atoms with van der Waals surface area (Å²) in [5.41, 5.74) is 5.46. The average Bonchev–Trinajstić information content (AvgIpc) is 2.93. The van der Waals surface area contributed by atoms with Gasteiger partial charge in [-0.3, -0.25) is 4.79 Å². The highest BCUT2D eigenvalue weighted by Gasteiger charge is 2.31. The van der Waals surface area contributed by atoms with Gasteiger partial charge in [0, 0.05) is 19.3 Å². The summed E-state index contributed by atoms with van der Waals surface area (Å²) in [5.74, 6) is -0.364. The number of nitrogens with zero attached hydrogens (tertiary/aromatic N) is 2. The highest BCUT2D eigenvalue weighted by molar-refractivity contribution is 5.95. The van der Waals surface area contributed by atoms with E-state index in [0.29, 0.717) is 19.6 Å². The van der Waals surface area contributed by atoms with Crippen molar-refractivity contribution in [2.45, 2.75) is 12.6 Å². The van der Waals surface area contributed by atoms with Gasteiger partial charge in [0.05, 0.1) is 0 Å². The van der Waals surface area contributed by atoms with Gasteiger partial charge in [0.25, 0.3) is 5.91 Å². The second-order valence-corrected chi connectivity index (χ2v) is 4.90. The van der Waals surface area contributed by atoms with E-state index in [0.717, 1.165) is 6.42 Å². The maximum atomic E-state index is 12.3. The number of rotatable bonds is 4. The second kappa shape index (κ2) is 6.30. The molecule has 0 spiro atoms. The fraction of sp³-hybridized carbons (Fsp3) is 0.538. The number of ether oxygens (including phenoxy) is 1. The molecule has 2 N–H and O–H groups in total. The number of carbonyl (C=O) groups is 1. The van der Waals surface area contributed by atoms with E-state index in [2.05, 4.69) is 9.72 Å². The number of likely N-dealkylation sites (tertiary alicyclic amines) is 1. The number of halogens is 3. The van der Waals surface area contributed by atoms with E-state index in [1.165, 1.54) is 18.3 Å². The van der Waals surface area contributed by atoms with Crippen LogP contribution in [0.5, 0.6) is 5.75 Å². The molecule has 1 atom stereocenters. The monoisotopic (exact) mass is 303 g/mol. The molecule has 1 aliphatic rings. The van der Waals surface area contributed by atoms with E-state index in [1.807, 2.05) is 0 Å². The molecule has 1 aromatic rings. The molecule has 0 unspecified atom stereocenters. The summed E-state index contributed by atoms with van der Waals surface area (Å²) >= 11 is 0. The van der Waals surface area contributed by atoms with Crippen LogP contribution in [-0.2, 0) is 0 Å². The fourth-order valence-electron chi connectivity index (χ4n) is 2.19. The van der Waals surface area contributed by atoms with E-state index < -0.39 is 18.7 Å². The molecule has 2 rings (SSSR count). The Hall–Kier alpha value is -1.83. The first-order valence-electron chi connectivity index (χ1n) is 6.54. The Balaban J connectivity index is 2.10. The number of hydrogen-bond acceptors (Lipinski definition) is 4. The lowest BCUT2D eigenvalue weighted by Gasteiger charge is -2.18. The predicted molar refractivity (Wildman–Crippen MR) is 68.9 cm³/mol. The van der Waals surface area contributed by atoms with Gasteiger partial charge in [-0.05, 0) is 31.0 Å². The Morgan fingerprint density at radius 3 is 2.90 bits per heavy atom. The van der Waals surface area contributed by atoms with Gasteiger partial charge in [0.15, 0.2) is 18.1 Å². The minimum atomic E-state index is -4.46. The van der Waals surface area contributed by atoms with Gasteiger partial charge in [-0.25, -0.2) is 4.98 Å². The highest BCUT2D eigenvalue weighted by Crippen LogP contribution is 2.24. The van der Waals surface area contributed by atoms with Crippen LogP contribution >= 0.6 is 0 Å². The third-order valence-corrected chi connectivity index (χ3v) is 3.27. The van der Waals surface area contributed by atoms with Crippen molar-refractivity contribution in [2.24, 2.45) is 11.7 Å². The number of hydrogen-bond donors (Lipinski definition) is 1. The van der Waals surface area contributed by atoms with E-state index in [1.54, 1.807) is 4.90 Å². The van der Waals surface area contributed by atoms with Crippen LogP contribution in [0.25, 0.3) is 0 Å². The van der Waals surface area contributed by atoms with Gasteiger partial charge in [-0.15, -0.1) is 0 Å². The lowest BCUT2D eigenvalue weighted by Crippen LogP contribution is -2.31. The smallest absolute Gasteiger partial charge is 0.422 e. The van der Waals surface area contributed by atoms with Crippen molar-refractivity contribution in [3.05, 3.63) is 24.0 Å². The molecule has 8 heteroatoms. The quantitative estimate of drug-likeness (QED) is 0.914. The molecule has 1 amide bonds. The van der Waals surface area contributed by atoms with E-state index >= 15 is 0 Å². The van der Waals surface area contributed by atoms with E-state index in [-0.39, 0.29) is 17.4 Å². The topological polar surface area (TPSA) is 68.5 Å². The van der Waals surface area contributed by atoms with Gasteiger partial charge in [-0.1, -0.05) is 0 Å². The van der Waals surface area contributed by atoms with Crippen LogP contribution < -0.4 is 10.5 Å². The first kappa shape index (κ1) is 15.6. The Morgan fingerprint density at radius 1 is 1.52 bits per heavy atom. The van der Waals surface area contributed by atoms with Crippen LogP contribution in [0.3, 0.4) is 0 Å². The summed E-state index contributed by atoms with van der Waals surface area (Å²) in [4.78, 5) is 17.7. The Morgan fingerprint density at radius 2 is 2.29 bits per heavy atom. The van der Waals surface area contributed by atoms with Crippen molar-refractivity contribution in [3.8, 4) is 5.75 Å². The largest absolute Gasteiger partial charge is 0.482 e. The van der Waals surface area contributed by atoms with Crippen molar-refractivity contribution in [1.29, 1.82) is 0 Å². The number of aromatic nitrogens is 1. The molecule has 116 valence electrons. The average molecular weight is 303 g/mol. The lowest BCUT2D eigenvalue weighted by molar-refractivity contribution is -0.153. The molecular formula is C13H16F3N3O2. The molecule has 21 heavy (non-hydrogen) atoms. The predicted octanol–water partition coefficient (Wildman–Crippen LogP) is 1.44. The minimum Gasteiger partial charge on any atom is -0.482 e. The maximum Gasteiger partial charge on any atom is 0.422 e. The number of carbonyl (C=O) groups excluding carboxylic acids is 1. The summed E-state index contributed by atoms with van der Waals surface area (Å²) in [6.45, 7) is 0.0361. The Kier molecular flexibility index (Phi) is 4.66. The van der Waals surface area contributed by atoms with Gasteiger partial charge in [0.1, 0.15) is 0 Å². The van der Waals surface area contributed by atoms with Crippen LogP contribution in [0, 0.1) is 5.92 Å². The van der Waals surface area contributed by atoms with E-state index in [9.17, 15) is 18.0 Å². The van der Waals surface area contributed by atoms with Crippen LogP contribution in [0.15, 0.2) is 18.3 Å². The third kappa shape index (κ3) is 4.07. The first-order chi connectivity index (χ1) is 9.90. The van der Waals surface area contributed by atoms with Gasteiger partial charge >= 0.3 is 6.18 Å². The molecule has 1 aliphatic heterocycles. The van der Waals surface area contributed by atoms with Gasteiger partial charge in [-0.2, -0.15) is 13.2 Å². The Bertz CT molecular complexity index is 508. The van der Waals surface area contributed by atoms with Crippen LogP contribution in [-0.4, -0.2) is 48.2 Å². The molecule has 1 saturated heterocycles. The molecule has 0 aliphatic carbocycles. The number of pyridine rings is 1. The zero-order valence-corrected chi connectivity index (χ0v) is 11.3. The fourth-order valence-corrected chi connectivity index (χ4v) is 2.19. The number of alkyl halides is 3. The maximum absolute atomic E-state index is 12.3. The molecule has 0 radical (unpaired) electrons. The first-order valence-corrected chi connectivity index (χ1v) is 6.54. The van der Waals surface area contributed by atoms with Crippen LogP contribution in [0.2, 0.25) is 0 Å². The second-order valence-electron chi connectivity index (χ2n) is 4.90. The normalized spacial score (nSPS) is 18.9. The number of amides is 1. The molecule has 0 aromatic carbocycles. The van der Waals surface area contributed by atoms with E-state index in [4.69, 9.17) is 5.73 Å². The SMILES string of the molecule is NC[C@@H]1CCN(C(=O)c2ncccc2OCC(F)(F)F)C1. The molecule has 2 heterocycles. The standard InChI is InChI=1S/C13H16F3N3O2/c14-13(15,16)8-21-10-2-1-4-18-11(10)12(20)19-5-3-9(6-17)7-19/h1-2,4,9H,3,5-8,17H2/t9-/m0/s1. The minimum absolute atomic E-state index is 0.0978. The van der Waals surface area contributed by atoms with Crippen molar-refractivity contribution >= 4 is 5.91 Å². The molecule has 0 bridgehead atoms. The van der Waals surface area contributed by atoms with Crippen molar-refractivity contribution < 1.29 is 22.7 Å². The van der Waals surface area contributed by atoms with Crippen molar-refractivity contribution in [3.63, 3.8) is 0 Å². The zero-order valence-electron chi connectivity index (χ0n) is 11.3. The lowest BCUT2D eigenvalue weighted by atomic mass is 10.1. The summed E-state index contributed by atoms with van der Waals surface area (Å²) in [7, 11) is 0. The van der Waals surface area contributed by atoms with Crippen LogP contribution in [0.1, 0.15) is 16.9 Å². The Labute approximate surface area is 119 Å². The van der Waals surface area contributed by atoms with Gasteiger partial charge < -0.3 is 15.4 Å². The van der Waals surface area contributed by atoms with Crippen molar-refractivity contribution in [2.75, 3.05) is 26.2 Å². The number of nitrogens with two attached hydrogens (primary N) is 1. The van der Waals surface area contributed by atoms with Gasteiger partial charge in [0.2, 0.25) is 0 Å². The molecule has 0 saturated carbocycles. The summed E-state index contributed by atoms with van der Waals surface area (Å²) < 4.78 is 41.3. The third-order valence-electron chi connectivity index (χ3n) is 3.27. The molecular weight excluding hydrogens is 287 g/mol. The zero-order chi connectivity index (χ0) is 15.5. The summed E-state index contributed by atoms with van der Waals surface area (Å²) in [6, 6.07) is 2.73. The molecule has 1 aromatic heterocycles. The highest BCUT2D eigenvalue weighted by atomic mass is 19.4. The summed E-state index contributed by atoms with van der Waals surface area (Å²) in [5, 5.41) is 0.